The van der Waals surface area contributed by atoms with Gasteiger partial charge in [0.05, 0.1) is 16.6 Å². The average molecular weight is 305 g/mol. The van der Waals surface area contributed by atoms with E-state index in [9.17, 15) is 9.90 Å². The maximum absolute atomic E-state index is 11.6. The summed E-state index contributed by atoms with van der Waals surface area (Å²) in [7, 11) is 0. The summed E-state index contributed by atoms with van der Waals surface area (Å²) in [4.78, 5) is 14.9. The largest absolute Gasteiger partial charge is 0.478 e. The molecular formula is C15H15NO2S2. The number of carbonyl (C=O) groups is 1. The van der Waals surface area contributed by atoms with E-state index in [1.54, 1.807) is 22.7 Å². The first-order chi connectivity index (χ1) is 9.68. The summed E-state index contributed by atoms with van der Waals surface area (Å²) in [6.45, 7) is 2.91. The molecule has 0 saturated heterocycles. The van der Waals surface area contributed by atoms with Crippen LogP contribution < -0.4 is 4.90 Å². The molecule has 0 radical (unpaired) electrons. The molecule has 0 aliphatic carbocycles. The molecule has 104 valence electrons. The van der Waals surface area contributed by atoms with Crippen LogP contribution in [-0.2, 0) is 4.79 Å². The van der Waals surface area contributed by atoms with E-state index in [0.717, 1.165) is 28.4 Å². The Labute approximate surface area is 125 Å². The van der Waals surface area contributed by atoms with Gasteiger partial charge < -0.3 is 10.0 Å². The maximum atomic E-state index is 11.6. The summed E-state index contributed by atoms with van der Waals surface area (Å²) in [5.41, 5.74) is 1.66. The SMILES string of the molecule is Cc1ccsc1C1C(C(=O)O)=CCCN1c1cccs1. The number of hydrogen-bond acceptors (Lipinski definition) is 4. The van der Waals surface area contributed by atoms with E-state index < -0.39 is 5.97 Å². The van der Waals surface area contributed by atoms with Crippen LogP contribution in [0.5, 0.6) is 0 Å². The third kappa shape index (κ3) is 2.27. The maximum Gasteiger partial charge on any atom is 0.333 e. The van der Waals surface area contributed by atoms with E-state index in [1.165, 1.54) is 0 Å². The van der Waals surface area contributed by atoms with Crippen LogP contribution in [0.4, 0.5) is 5.00 Å². The fourth-order valence-electron chi connectivity index (χ4n) is 2.59. The van der Waals surface area contributed by atoms with Gasteiger partial charge in [-0.05, 0) is 47.9 Å². The molecule has 3 nitrogen and oxygen atoms in total. The minimum absolute atomic E-state index is 0.167. The van der Waals surface area contributed by atoms with E-state index >= 15 is 0 Å². The molecular weight excluding hydrogens is 290 g/mol. The Morgan fingerprint density at radius 3 is 2.80 bits per heavy atom. The standard InChI is InChI=1S/C15H15NO2S2/c1-10-6-9-20-14(10)13-11(15(17)18)4-2-7-16(13)12-5-3-8-19-12/h3-6,8-9,13H,2,7H2,1H3,(H,17,18). The van der Waals surface area contributed by atoms with Crippen LogP contribution in [0.2, 0.25) is 0 Å². The molecule has 0 fully saturated rings. The number of rotatable bonds is 3. The molecule has 0 saturated carbocycles. The lowest BCUT2D eigenvalue weighted by Gasteiger charge is -2.35. The second-order valence-electron chi connectivity index (χ2n) is 4.77. The van der Waals surface area contributed by atoms with Crippen LogP contribution in [-0.4, -0.2) is 17.6 Å². The lowest BCUT2D eigenvalue weighted by Crippen LogP contribution is -2.35. The first kappa shape index (κ1) is 13.4. The van der Waals surface area contributed by atoms with E-state index in [4.69, 9.17) is 0 Å². The third-order valence-corrected chi connectivity index (χ3v) is 5.50. The van der Waals surface area contributed by atoms with Crippen molar-refractivity contribution in [2.45, 2.75) is 19.4 Å². The van der Waals surface area contributed by atoms with Gasteiger partial charge in [-0.1, -0.05) is 6.08 Å². The Bertz CT molecular complexity index is 643. The van der Waals surface area contributed by atoms with Crippen LogP contribution in [0.1, 0.15) is 22.9 Å². The quantitative estimate of drug-likeness (QED) is 0.929. The first-order valence-corrected chi connectivity index (χ1v) is 8.22. The van der Waals surface area contributed by atoms with Gasteiger partial charge in [-0.2, -0.15) is 0 Å². The van der Waals surface area contributed by atoms with Crippen molar-refractivity contribution in [1.29, 1.82) is 0 Å². The lowest BCUT2D eigenvalue weighted by molar-refractivity contribution is -0.133. The molecule has 1 atom stereocenters. The molecule has 0 spiro atoms. The molecule has 3 heterocycles. The number of carboxylic acids is 1. The van der Waals surface area contributed by atoms with Gasteiger partial charge in [0, 0.05) is 11.4 Å². The second kappa shape index (κ2) is 5.42. The van der Waals surface area contributed by atoms with Crippen molar-refractivity contribution in [3.05, 3.63) is 51.0 Å². The summed E-state index contributed by atoms with van der Waals surface area (Å²) in [6, 6.07) is 5.96. The molecule has 1 aliphatic rings. The Hall–Kier alpha value is -1.59. The van der Waals surface area contributed by atoms with Crippen molar-refractivity contribution in [2.24, 2.45) is 0 Å². The molecule has 1 unspecified atom stereocenters. The first-order valence-electron chi connectivity index (χ1n) is 6.46. The van der Waals surface area contributed by atoms with E-state index in [0.29, 0.717) is 5.57 Å². The van der Waals surface area contributed by atoms with Crippen LogP contribution in [0, 0.1) is 6.92 Å². The minimum atomic E-state index is -0.816. The van der Waals surface area contributed by atoms with Crippen molar-refractivity contribution in [3.8, 4) is 0 Å². The molecule has 3 rings (SSSR count). The van der Waals surface area contributed by atoms with Gasteiger partial charge in [0.1, 0.15) is 0 Å². The van der Waals surface area contributed by atoms with Gasteiger partial charge in [-0.3, -0.25) is 0 Å². The summed E-state index contributed by atoms with van der Waals surface area (Å²) >= 11 is 3.30. The van der Waals surface area contributed by atoms with E-state index in [2.05, 4.69) is 17.0 Å². The Morgan fingerprint density at radius 1 is 1.35 bits per heavy atom. The predicted molar refractivity (Wildman–Crippen MR) is 83.8 cm³/mol. The molecule has 5 heteroatoms. The van der Waals surface area contributed by atoms with Crippen LogP contribution in [0.15, 0.2) is 40.6 Å². The zero-order valence-corrected chi connectivity index (χ0v) is 12.7. The topological polar surface area (TPSA) is 40.5 Å². The summed E-state index contributed by atoms with van der Waals surface area (Å²) in [5, 5.41) is 14.7. The van der Waals surface area contributed by atoms with E-state index in [1.807, 2.05) is 29.8 Å². The van der Waals surface area contributed by atoms with Crippen LogP contribution in [0.3, 0.4) is 0 Å². The number of aryl methyl sites for hydroxylation is 1. The highest BCUT2D eigenvalue weighted by atomic mass is 32.1. The molecule has 0 amide bonds. The van der Waals surface area contributed by atoms with Crippen LogP contribution in [0.25, 0.3) is 0 Å². The number of carboxylic acid groups (broad SMARTS) is 1. The monoisotopic (exact) mass is 305 g/mol. The van der Waals surface area contributed by atoms with Gasteiger partial charge in [-0.25, -0.2) is 4.79 Å². The zero-order valence-electron chi connectivity index (χ0n) is 11.1. The molecule has 1 aliphatic heterocycles. The summed E-state index contributed by atoms with van der Waals surface area (Å²) < 4.78 is 0. The Morgan fingerprint density at radius 2 is 2.20 bits per heavy atom. The predicted octanol–water partition coefficient (Wildman–Crippen LogP) is 4.08. The Balaban J connectivity index is 2.09. The molecule has 2 aromatic heterocycles. The number of hydrogen-bond donors (Lipinski definition) is 1. The average Bonchev–Trinajstić information content (AvgIpc) is 3.08. The normalized spacial score (nSPS) is 18.9. The highest BCUT2D eigenvalue weighted by Gasteiger charge is 2.33. The molecule has 0 aromatic carbocycles. The Kier molecular flexibility index (Phi) is 3.63. The number of thiophene rings is 2. The van der Waals surface area contributed by atoms with Crippen molar-refractivity contribution in [1.82, 2.24) is 0 Å². The van der Waals surface area contributed by atoms with Gasteiger partial charge >= 0.3 is 5.97 Å². The van der Waals surface area contributed by atoms with Crippen molar-refractivity contribution < 1.29 is 9.90 Å². The van der Waals surface area contributed by atoms with Crippen molar-refractivity contribution in [3.63, 3.8) is 0 Å². The van der Waals surface area contributed by atoms with Gasteiger partial charge in [-0.15, -0.1) is 22.7 Å². The molecule has 20 heavy (non-hydrogen) atoms. The fraction of sp³-hybridized carbons (Fsp3) is 0.267. The van der Waals surface area contributed by atoms with Gasteiger partial charge in [0.15, 0.2) is 0 Å². The lowest BCUT2D eigenvalue weighted by atomic mass is 9.96. The fourth-order valence-corrected chi connectivity index (χ4v) is 4.43. The zero-order chi connectivity index (χ0) is 14.1. The summed E-state index contributed by atoms with van der Waals surface area (Å²) in [5.74, 6) is -0.816. The van der Waals surface area contributed by atoms with Gasteiger partial charge in [0.2, 0.25) is 0 Å². The van der Waals surface area contributed by atoms with Gasteiger partial charge in [0.25, 0.3) is 0 Å². The molecule has 1 N–H and O–H groups in total. The highest BCUT2D eigenvalue weighted by Crippen LogP contribution is 2.41. The summed E-state index contributed by atoms with van der Waals surface area (Å²) in [6.07, 6.45) is 2.65. The molecule has 0 bridgehead atoms. The van der Waals surface area contributed by atoms with Crippen molar-refractivity contribution >= 4 is 33.6 Å². The highest BCUT2D eigenvalue weighted by molar-refractivity contribution is 7.14. The number of anilines is 1. The number of aliphatic carboxylic acids is 1. The van der Waals surface area contributed by atoms with E-state index in [-0.39, 0.29) is 6.04 Å². The second-order valence-corrected chi connectivity index (χ2v) is 6.64. The van der Waals surface area contributed by atoms with Crippen LogP contribution >= 0.6 is 22.7 Å². The van der Waals surface area contributed by atoms with Crippen molar-refractivity contribution in [2.75, 3.05) is 11.4 Å². The third-order valence-electron chi connectivity index (χ3n) is 3.53. The minimum Gasteiger partial charge on any atom is -0.478 e. The molecule has 2 aromatic rings. The smallest absolute Gasteiger partial charge is 0.333 e. The number of nitrogens with zero attached hydrogens (tertiary/aromatic N) is 1.